The number of carbonyl (C=O) groups is 1. The fourth-order valence-electron chi connectivity index (χ4n) is 0.978. The maximum absolute atomic E-state index is 11.0. The minimum absolute atomic E-state index is 0.0925. The van der Waals surface area contributed by atoms with E-state index in [0.29, 0.717) is 6.61 Å². The number of hydrogen-bond donors (Lipinski definition) is 1. The van der Waals surface area contributed by atoms with Crippen molar-refractivity contribution < 1.29 is 15.3 Å². The number of hydrogen-bond acceptors (Lipinski definition) is 2. The van der Waals surface area contributed by atoms with Crippen molar-refractivity contribution in [1.29, 1.82) is 0 Å². The van der Waals surface area contributed by atoms with Crippen LogP contribution in [-0.2, 0) is 9.53 Å². The van der Waals surface area contributed by atoms with Crippen LogP contribution in [0.4, 0.5) is 0 Å². The molecule has 3 N–H and O–H groups in total. The number of nitrogens with zero attached hydrogens (tertiary/aromatic N) is 1. The van der Waals surface area contributed by atoms with Crippen molar-refractivity contribution in [3.05, 3.63) is 0 Å². The molecule has 1 saturated heterocycles. The maximum atomic E-state index is 11.0. The number of carbonyl (C=O) groups excluding carboxylic acids is 1. The molecule has 1 amide bonds. The molecule has 0 saturated carbocycles. The minimum Gasteiger partial charge on any atom is -0.370 e. The lowest BCUT2D eigenvalue weighted by atomic mass is 10.4. The summed E-state index contributed by atoms with van der Waals surface area (Å²) in [5, 5.41) is 0. The Morgan fingerprint density at radius 2 is 2.50 bits per heavy atom. The zero-order valence-electron chi connectivity index (χ0n) is 6.01. The molecule has 0 bridgehead atoms. The van der Waals surface area contributed by atoms with Crippen LogP contribution in [0.3, 0.4) is 0 Å². The average molecular weight is 145 g/mol. The van der Waals surface area contributed by atoms with Gasteiger partial charge in [-0.2, -0.15) is 0 Å². The number of amides is 1. The molecule has 0 unspecified atom stereocenters. The smallest absolute Gasteiger partial charge is 0.248 e. The van der Waals surface area contributed by atoms with E-state index < -0.39 is 0 Å². The van der Waals surface area contributed by atoms with Crippen LogP contribution in [0.25, 0.3) is 0 Å². The van der Waals surface area contributed by atoms with E-state index >= 15 is 0 Å². The monoisotopic (exact) mass is 145 g/mol. The van der Waals surface area contributed by atoms with Crippen LogP contribution in [0, 0.1) is 0 Å². The number of morpholine rings is 1. The van der Waals surface area contributed by atoms with Gasteiger partial charge in [0.05, 0.1) is 19.7 Å². The number of quaternary nitrogens is 1. The normalized spacial score (nSPS) is 19.7. The molecule has 58 valence electrons. The summed E-state index contributed by atoms with van der Waals surface area (Å²) in [6.45, 7) is 3.20. The summed E-state index contributed by atoms with van der Waals surface area (Å²) in [6, 6.07) is 0. The van der Waals surface area contributed by atoms with E-state index in [4.69, 9.17) is 4.74 Å². The van der Waals surface area contributed by atoms with Gasteiger partial charge in [-0.25, -0.2) is 0 Å². The van der Waals surface area contributed by atoms with Crippen molar-refractivity contribution in [3.63, 3.8) is 0 Å². The highest BCUT2D eigenvalue weighted by Crippen LogP contribution is 1.96. The maximum Gasteiger partial charge on any atom is 0.248 e. The summed E-state index contributed by atoms with van der Waals surface area (Å²) in [7, 11) is 0. The molecule has 0 aromatic heterocycles. The SMILES string of the molecule is [NH3+]CCN1CCOCC1=O. The van der Waals surface area contributed by atoms with Gasteiger partial charge in [-0.1, -0.05) is 0 Å². The van der Waals surface area contributed by atoms with Crippen molar-refractivity contribution in [2.24, 2.45) is 0 Å². The van der Waals surface area contributed by atoms with Crippen molar-refractivity contribution in [3.8, 4) is 0 Å². The molecule has 0 aromatic rings. The summed E-state index contributed by atoms with van der Waals surface area (Å²) in [4.78, 5) is 12.7. The minimum atomic E-state index is 0.0925. The molecule has 4 nitrogen and oxygen atoms in total. The van der Waals surface area contributed by atoms with Gasteiger partial charge in [0.25, 0.3) is 0 Å². The number of ether oxygens (including phenoxy) is 1. The second-order valence-corrected chi connectivity index (χ2v) is 2.29. The van der Waals surface area contributed by atoms with Crippen LogP contribution >= 0.6 is 0 Å². The molecule has 4 heteroatoms. The summed E-state index contributed by atoms with van der Waals surface area (Å²) >= 11 is 0. The zero-order chi connectivity index (χ0) is 7.40. The average Bonchev–Trinajstić information content (AvgIpc) is 1.94. The van der Waals surface area contributed by atoms with Crippen LogP contribution in [0.15, 0.2) is 0 Å². The van der Waals surface area contributed by atoms with Gasteiger partial charge in [0.1, 0.15) is 6.61 Å². The second kappa shape index (κ2) is 3.53. The van der Waals surface area contributed by atoms with Crippen LogP contribution < -0.4 is 5.73 Å². The van der Waals surface area contributed by atoms with Gasteiger partial charge in [0, 0.05) is 6.54 Å². The van der Waals surface area contributed by atoms with Gasteiger partial charge in [0.15, 0.2) is 0 Å². The lowest BCUT2D eigenvalue weighted by Crippen LogP contribution is -2.57. The van der Waals surface area contributed by atoms with Crippen molar-refractivity contribution in [2.45, 2.75) is 0 Å². The van der Waals surface area contributed by atoms with Gasteiger partial charge in [-0.05, 0) is 0 Å². The largest absolute Gasteiger partial charge is 0.370 e. The van der Waals surface area contributed by atoms with Crippen molar-refractivity contribution in [2.75, 3.05) is 32.8 Å². The second-order valence-electron chi connectivity index (χ2n) is 2.29. The molecule has 0 aliphatic carbocycles. The van der Waals surface area contributed by atoms with E-state index in [0.717, 1.165) is 19.6 Å². The van der Waals surface area contributed by atoms with Crippen LogP contribution in [0.5, 0.6) is 0 Å². The third-order valence-corrected chi connectivity index (χ3v) is 1.51. The highest BCUT2D eigenvalue weighted by molar-refractivity contribution is 5.77. The van der Waals surface area contributed by atoms with E-state index in [2.05, 4.69) is 5.73 Å². The molecule has 0 atom stereocenters. The molecule has 1 fully saturated rings. The number of rotatable bonds is 2. The van der Waals surface area contributed by atoms with Gasteiger partial charge < -0.3 is 15.4 Å². The van der Waals surface area contributed by atoms with Crippen molar-refractivity contribution in [1.82, 2.24) is 4.90 Å². The van der Waals surface area contributed by atoms with Gasteiger partial charge in [-0.3, -0.25) is 4.79 Å². The highest BCUT2D eigenvalue weighted by atomic mass is 16.5. The Hall–Kier alpha value is -0.610. The van der Waals surface area contributed by atoms with E-state index in [9.17, 15) is 4.79 Å². The lowest BCUT2D eigenvalue weighted by molar-refractivity contribution is -0.368. The first kappa shape index (κ1) is 7.50. The van der Waals surface area contributed by atoms with Gasteiger partial charge in [0.2, 0.25) is 5.91 Å². The quantitative estimate of drug-likeness (QED) is 0.493. The summed E-state index contributed by atoms with van der Waals surface area (Å²) in [5.41, 5.74) is 3.68. The van der Waals surface area contributed by atoms with Gasteiger partial charge >= 0.3 is 0 Å². The predicted molar refractivity (Wildman–Crippen MR) is 35.2 cm³/mol. The van der Waals surface area contributed by atoms with E-state index in [-0.39, 0.29) is 12.5 Å². The third kappa shape index (κ3) is 1.68. The first-order chi connectivity index (χ1) is 4.84. The summed E-state index contributed by atoms with van der Waals surface area (Å²) in [5.74, 6) is 0.0925. The highest BCUT2D eigenvalue weighted by Gasteiger charge is 2.17. The van der Waals surface area contributed by atoms with Crippen LogP contribution in [0.1, 0.15) is 0 Å². The summed E-state index contributed by atoms with van der Waals surface area (Å²) < 4.78 is 4.95. The molecule has 1 aliphatic heterocycles. The van der Waals surface area contributed by atoms with Crippen LogP contribution in [0.2, 0.25) is 0 Å². The Morgan fingerprint density at radius 3 is 3.10 bits per heavy atom. The Bertz CT molecular complexity index is 125. The molecule has 1 aliphatic rings. The lowest BCUT2D eigenvalue weighted by Gasteiger charge is -2.25. The van der Waals surface area contributed by atoms with Gasteiger partial charge in [-0.15, -0.1) is 0 Å². The summed E-state index contributed by atoms with van der Waals surface area (Å²) in [6.07, 6.45) is 0. The Balaban J connectivity index is 2.32. The molecular weight excluding hydrogens is 132 g/mol. The van der Waals surface area contributed by atoms with E-state index in [1.54, 1.807) is 4.90 Å². The molecule has 0 spiro atoms. The topological polar surface area (TPSA) is 57.2 Å². The predicted octanol–water partition coefficient (Wildman–Crippen LogP) is -1.91. The zero-order valence-corrected chi connectivity index (χ0v) is 6.01. The van der Waals surface area contributed by atoms with E-state index in [1.165, 1.54) is 0 Å². The van der Waals surface area contributed by atoms with Crippen LogP contribution in [-0.4, -0.2) is 43.7 Å². The third-order valence-electron chi connectivity index (χ3n) is 1.51. The molecule has 1 heterocycles. The Morgan fingerprint density at radius 1 is 1.70 bits per heavy atom. The molecule has 10 heavy (non-hydrogen) atoms. The molecule has 0 aromatic carbocycles. The Labute approximate surface area is 59.9 Å². The first-order valence-electron chi connectivity index (χ1n) is 3.49. The standard InChI is InChI=1S/C6H12N2O2/c7-1-2-8-3-4-10-5-6(8)9/h1-5,7H2/p+1. The first-order valence-corrected chi connectivity index (χ1v) is 3.49. The fraction of sp³-hybridized carbons (Fsp3) is 0.833. The molecular formula is C6H13N2O2+. The van der Waals surface area contributed by atoms with E-state index in [1.807, 2.05) is 0 Å². The fourth-order valence-corrected chi connectivity index (χ4v) is 0.978. The van der Waals surface area contributed by atoms with Crippen molar-refractivity contribution >= 4 is 5.91 Å². The molecule has 1 rings (SSSR count). The Kier molecular flexibility index (Phi) is 2.65. The molecule has 0 radical (unpaired) electrons.